The molecule has 2 heterocycles. The molecule has 1 N–H and O–H groups in total. The van der Waals surface area contributed by atoms with Crippen LogP contribution in [-0.4, -0.2) is 60.7 Å². The highest BCUT2D eigenvalue weighted by atomic mass is 15.3. The minimum atomic E-state index is 0.583. The van der Waals surface area contributed by atoms with E-state index in [9.17, 15) is 0 Å². The molecule has 1 aromatic heterocycles. The number of anilines is 1. The minimum absolute atomic E-state index is 0.583. The van der Waals surface area contributed by atoms with Crippen molar-refractivity contribution in [2.45, 2.75) is 26.3 Å². The smallest absolute Gasteiger partial charge is 0.225 e. The van der Waals surface area contributed by atoms with E-state index in [0.717, 1.165) is 44.6 Å². The summed E-state index contributed by atoms with van der Waals surface area (Å²) in [5.41, 5.74) is 0. The maximum absolute atomic E-state index is 4.33. The van der Waals surface area contributed by atoms with Gasteiger partial charge in [-0.1, -0.05) is 20.3 Å². The van der Waals surface area contributed by atoms with Crippen LogP contribution in [0.2, 0.25) is 0 Å². The Morgan fingerprint density at radius 1 is 1.20 bits per heavy atom. The number of hydrogen-bond acceptors (Lipinski definition) is 5. The molecule has 2 atom stereocenters. The van der Waals surface area contributed by atoms with E-state index in [0.29, 0.717) is 6.04 Å². The second kappa shape index (κ2) is 7.55. The molecule has 112 valence electrons. The summed E-state index contributed by atoms with van der Waals surface area (Å²) in [5.74, 6) is 1.58. The SMILES string of the molecule is CCC(C)C(CN1CCN(c2ncccn2)CC1)NC. The van der Waals surface area contributed by atoms with Crippen LogP contribution >= 0.6 is 0 Å². The van der Waals surface area contributed by atoms with E-state index in [1.165, 1.54) is 6.42 Å². The summed E-state index contributed by atoms with van der Waals surface area (Å²) >= 11 is 0. The van der Waals surface area contributed by atoms with E-state index < -0.39 is 0 Å². The van der Waals surface area contributed by atoms with Gasteiger partial charge in [-0.2, -0.15) is 0 Å². The van der Waals surface area contributed by atoms with Crippen molar-refractivity contribution in [3.63, 3.8) is 0 Å². The first-order valence-corrected chi connectivity index (χ1v) is 7.66. The van der Waals surface area contributed by atoms with Crippen molar-refractivity contribution >= 4 is 5.95 Å². The average molecular weight is 277 g/mol. The van der Waals surface area contributed by atoms with Crippen molar-refractivity contribution in [1.29, 1.82) is 0 Å². The van der Waals surface area contributed by atoms with Gasteiger partial charge in [0, 0.05) is 51.2 Å². The molecule has 0 amide bonds. The van der Waals surface area contributed by atoms with Crippen LogP contribution in [0.3, 0.4) is 0 Å². The number of nitrogens with zero attached hydrogens (tertiary/aromatic N) is 4. The fourth-order valence-corrected chi connectivity index (χ4v) is 2.70. The zero-order valence-electron chi connectivity index (χ0n) is 12.9. The highest BCUT2D eigenvalue weighted by molar-refractivity contribution is 5.29. The van der Waals surface area contributed by atoms with Crippen LogP contribution < -0.4 is 10.2 Å². The third-order valence-corrected chi connectivity index (χ3v) is 4.36. The molecule has 1 fully saturated rings. The first kappa shape index (κ1) is 15.2. The molecule has 5 nitrogen and oxygen atoms in total. The second-order valence-electron chi connectivity index (χ2n) is 5.62. The molecule has 0 bridgehead atoms. The van der Waals surface area contributed by atoms with Gasteiger partial charge in [-0.3, -0.25) is 4.90 Å². The van der Waals surface area contributed by atoms with Gasteiger partial charge in [-0.25, -0.2) is 9.97 Å². The molecule has 1 aliphatic heterocycles. The summed E-state index contributed by atoms with van der Waals surface area (Å²) in [5, 5.41) is 3.46. The molecule has 0 aliphatic carbocycles. The molecule has 1 saturated heterocycles. The first-order valence-electron chi connectivity index (χ1n) is 7.66. The molecule has 0 saturated carbocycles. The van der Waals surface area contributed by atoms with Crippen LogP contribution in [0.4, 0.5) is 5.95 Å². The van der Waals surface area contributed by atoms with Crippen LogP contribution in [0.15, 0.2) is 18.5 Å². The van der Waals surface area contributed by atoms with Crippen molar-refractivity contribution in [3.8, 4) is 0 Å². The van der Waals surface area contributed by atoms with Gasteiger partial charge in [-0.15, -0.1) is 0 Å². The molecule has 0 spiro atoms. The molecule has 2 rings (SSSR count). The summed E-state index contributed by atoms with van der Waals surface area (Å²) in [4.78, 5) is 13.5. The third kappa shape index (κ3) is 3.90. The monoisotopic (exact) mass is 277 g/mol. The quantitative estimate of drug-likeness (QED) is 0.847. The van der Waals surface area contributed by atoms with E-state index in [1.54, 1.807) is 0 Å². The van der Waals surface area contributed by atoms with E-state index >= 15 is 0 Å². The lowest BCUT2D eigenvalue weighted by Crippen LogP contribution is -2.52. The van der Waals surface area contributed by atoms with Gasteiger partial charge in [0.15, 0.2) is 0 Å². The molecule has 5 heteroatoms. The fraction of sp³-hybridized carbons (Fsp3) is 0.733. The van der Waals surface area contributed by atoms with Crippen molar-refractivity contribution < 1.29 is 0 Å². The molecule has 1 aromatic rings. The van der Waals surface area contributed by atoms with Crippen molar-refractivity contribution in [3.05, 3.63) is 18.5 Å². The maximum Gasteiger partial charge on any atom is 0.225 e. The van der Waals surface area contributed by atoms with Crippen molar-refractivity contribution in [2.24, 2.45) is 5.92 Å². The van der Waals surface area contributed by atoms with Gasteiger partial charge in [0.2, 0.25) is 5.95 Å². The number of hydrogen-bond donors (Lipinski definition) is 1. The van der Waals surface area contributed by atoms with Crippen LogP contribution in [0, 0.1) is 5.92 Å². The zero-order chi connectivity index (χ0) is 14.4. The van der Waals surface area contributed by atoms with Crippen LogP contribution in [-0.2, 0) is 0 Å². The molecular formula is C15H27N5. The summed E-state index contributed by atoms with van der Waals surface area (Å²) in [6.45, 7) is 9.94. The highest BCUT2D eigenvalue weighted by Gasteiger charge is 2.22. The maximum atomic E-state index is 4.33. The summed E-state index contributed by atoms with van der Waals surface area (Å²) in [6, 6.07) is 2.45. The zero-order valence-corrected chi connectivity index (χ0v) is 12.9. The topological polar surface area (TPSA) is 44.3 Å². The lowest BCUT2D eigenvalue weighted by molar-refractivity contribution is 0.205. The van der Waals surface area contributed by atoms with Gasteiger partial charge < -0.3 is 10.2 Å². The van der Waals surface area contributed by atoms with E-state index in [-0.39, 0.29) is 0 Å². The van der Waals surface area contributed by atoms with E-state index in [2.05, 4.69) is 46.0 Å². The average Bonchev–Trinajstić information content (AvgIpc) is 2.53. The minimum Gasteiger partial charge on any atom is -0.338 e. The Labute approximate surface area is 122 Å². The van der Waals surface area contributed by atoms with Crippen LogP contribution in [0.5, 0.6) is 0 Å². The predicted octanol–water partition coefficient (Wildman–Crippen LogP) is 1.23. The molecule has 1 aliphatic rings. The van der Waals surface area contributed by atoms with Crippen molar-refractivity contribution in [1.82, 2.24) is 20.2 Å². The fourth-order valence-electron chi connectivity index (χ4n) is 2.70. The summed E-state index contributed by atoms with van der Waals surface area (Å²) in [6.07, 6.45) is 4.85. The molecular weight excluding hydrogens is 250 g/mol. The Hall–Kier alpha value is -1.20. The largest absolute Gasteiger partial charge is 0.338 e. The standard InChI is InChI=1S/C15H27N5/c1-4-13(2)14(16-3)12-19-8-10-20(11-9-19)15-17-6-5-7-18-15/h5-7,13-14,16H,4,8-12H2,1-3H3. The van der Waals surface area contributed by atoms with Gasteiger partial charge in [-0.05, 0) is 19.0 Å². The molecule has 20 heavy (non-hydrogen) atoms. The Balaban J connectivity index is 1.82. The first-order chi connectivity index (χ1) is 9.74. The van der Waals surface area contributed by atoms with Crippen molar-refractivity contribution in [2.75, 3.05) is 44.7 Å². The van der Waals surface area contributed by atoms with Gasteiger partial charge in [0.05, 0.1) is 0 Å². The Bertz CT molecular complexity index is 375. The highest BCUT2D eigenvalue weighted by Crippen LogP contribution is 2.13. The number of aromatic nitrogens is 2. The molecule has 0 radical (unpaired) electrons. The van der Waals surface area contributed by atoms with E-state index in [4.69, 9.17) is 0 Å². The summed E-state index contributed by atoms with van der Waals surface area (Å²) in [7, 11) is 2.07. The van der Waals surface area contributed by atoms with E-state index in [1.807, 2.05) is 18.5 Å². The van der Waals surface area contributed by atoms with Gasteiger partial charge in [0.25, 0.3) is 0 Å². The van der Waals surface area contributed by atoms with Gasteiger partial charge in [0.1, 0.15) is 0 Å². The summed E-state index contributed by atoms with van der Waals surface area (Å²) < 4.78 is 0. The lowest BCUT2D eigenvalue weighted by Gasteiger charge is -2.37. The molecule has 0 aromatic carbocycles. The number of likely N-dealkylation sites (N-methyl/N-ethyl adjacent to an activating group) is 1. The number of rotatable bonds is 6. The van der Waals surface area contributed by atoms with Crippen LogP contribution in [0.25, 0.3) is 0 Å². The Morgan fingerprint density at radius 3 is 2.40 bits per heavy atom. The Kier molecular flexibility index (Phi) is 5.73. The molecule has 2 unspecified atom stereocenters. The number of nitrogens with one attached hydrogen (secondary N) is 1. The van der Waals surface area contributed by atoms with Crippen LogP contribution in [0.1, 0.15) is 20.3 Å². The lowest BCUT2D eigenvalue weighted by atomic mass is 9.98. The third-order valence-electron chi connectivity index (χ3n) is 4.36. The van der Waals surface area contributed by atoms with Gasteiger partial charge >= 0.3 is 0 Å². The second-order valence-corrected chi connectivity index (χ2v) is 5.62. The normalized spacial score (nSPS) is 19.9. The number of piperazine rings is 1. The predicted molar refractivity (Wildman–Crippen MR) is 83.0 cm³/mol. The Morgan fingerprint density at radius 2 is 1.85 bits per heavy atom.